The van der Waals surface area contributed by atoms with Crippen LogP contribution in [0, 0.1) is 0 Å². The fourth-order valence-corrected chi connectivity index (χ4v) is 1.65. The van der Waals surface area contributed by atoms with E-state index in [0.29, 0.717) is 13.2 Å². The topological polar surface area (TPSA) is 41.5 Å². The highest BCUT2D eigenvalue weighted by Crippen LogP contribution is 2.30. The van der Waals surface area contributed by atoms with Gasteiger partial charge in [0.25, 0.3) is 0 Å². The highest BCUT2D eigenvalue weighted by Gasteiger charge is 2.31. The molecule has 1 aliphatic rings. The molecule has 1 fully saturated rings. The van der Waals surface area contributed by atoms with Gasteiger partial charge in [0.2, 0.25) is 0 Å². The standard InChI is InChI=1S/C12H25NO2/c1-11(2,3)15-9-10(14)8-13-12(4)6-5-7-12/h10,13-14H,5-9H2,1-4H3. The Morgan fingerprint density at radius 1 is 1.40 bits per heavy atom. The average Bonchev–Trinajstić information content (AvgIpc) is 2.07. The summed E-state index contributed by atoms with van der Waals surface area (Å²) in [6, 6.07) is 0. The lowest BCUT2D eigenvalue weighted by molar-refractivity contribution is -0.0502. The molecule has 0 aromatic rings. The predicted molar refractivity (Wildman–Crippen MR) is 62.0 cm³/mol. The molecule has 1 saturated carbocycles. The van der Waals surface area contributed by atoms with Crippen molar-refractivity contribution in [3.8, 4) is 0 Å². The summed E-state index contributed by atoms with van der Waals surface area (Å²) in [7, 11) is 0. The Balaban J connectivity index is 2.10. The van der Waals surface area contributed by atoms with Crippen molar-refractivity contribution >= 4 is 0 Å². The molecular formula is C12H25NO2. The Morgan fingerprint density at radius 2 is 2.00 bits per heavy atom. The van der Waals surface area contributed by atoms with Crippen LogP contribution in [-0.2, 0) is 4.74 Å². The molecule has 0 saturated heterocycles. The molecule has 0 aliphatic heterocycles. The molecule has 1 aliphatic carbocycles. The third-order valence-electron chi connectivity index (χ3n) is 2.93. The van der Waals surface area contributed by atoms with Crippen LogP contribution in [0.25, 0.3) is 0 Å². The lowest BCUT2D eigenvalue weighted by atomic mass is 9.78. The number of nitrogens with one attached hydrogen (secondary N) is 1. The summed E-state index contributed by atoms with van der Waals surface area (Å²) in [6.45, 7) is 9.26. The number of aliphatic hydroxyl groups excluding tert-OH is 1. The van der Waals surface area contributed by atoms with Gasteiger partial charge in [0.05, 0.1) is 18.3 Å². The lowest BCUT2D eigenvalue weighted by Gasteiger charge is -2.40. The van der Waals surface area contributed by atoms with Gasteiger partial charge in [-0.3, -0.25) is 0 Å². The molecule has 1 unspecified atom stereocenters. The lowest BCUT2D eigenvalue weighted by Crippen LogP contribution is -2.51. The van der Waals surface area contributed by atoms with E-state index in [1.807, 2.05) is 20.8 Å². The molecule has 2 N–H and O–H groups in total. The van der Waals surface area contributed by atoms with Gasteiger partial charge in [-0.1, -0.05) is 0 Å². The van der Waals surface area contributed by atoms with Gasteiger partial charge in [-0.25, -0.2) is 0 Å². The molecule has 0 amide bonds. The summed E-state index contributed by atoms with van der Waals surface area (Å²) in [5.74, 6) is 0. The number of hydrogen-bond donors (Lipinski definition) is 2. The summed E-state index contributed by atoms with van der Waals surface area (Å²) in [5.41, 5.74) is 0.101. The van der Waals surface area contributed by atoms with Gasteiger partial charge in [0, 0.05) is 12.1 Å². The zero-order valence-electron chi connectivity index (χ0n) is 10.5. The first-order valence-electron chi connectivity index (χ1n) is 5.88. The van der Waals surface area contributed by atoms with Gasteiger partial charge < -0.3 is 15.2 Å². The van der Waals surface area contributed by atoms with Crippen molar-refractivity contribution in [3.05, 3.63) is 0 Å². The van der Waals surface area contributed by atoms with Gasteiger partial charge in [-0.2, -0.15) is 0 Å². The molecule has 1 atom stereocenters. The average molecular weight is 215 g/mol. The third kappa shape index (κ3) is 4.96. The molecule has 0 spiro atoms. The molecule has 15 heavy (non-hydrogen) atoms. The highest BCUT2D eigenvalue weighted by atomic mass is 16.5. The zero-order chi connectivity index (χ0) is 11.5. The van der Waals surface area contributed by atoms with Crippen molar-refractivity contribution in [1.29, 1.82) is 0 Å². The Labute approximate surface area is 93.2 Å². The SMILES string of the molecule is CC1(NCC(O)COC(C)(C)C)CCC1. The first-order valence-corrected chi connectivity index (χ1v) is 5.88. The maximum Gasteiger partial charge on any atom is 0.0898 e. The summed E-state index contributed by atoms with van der Waals surface area (Å²) in [5, 5.41) is 13.1. The molecule has 0 heterocycles. The Bertz CT molecular complexity index is 194. The minimum atomic E-state index is -0.401. The molecule has 90 valence electrons. The maximum atomic E-state index is 9.71. The normalized spacial score (nSPS) is 22.2. The van der Waals surface area contributed by atoms with E-state index in [0.717, 1.165) is 0 Å². The van der Waals surface area contributed by atoms with Crippen LogP contribution in [0.15, 0.2) is 0 Å². The minimum absolute atomic E-state index is 0.165. The largest absolute Gasteiger partial charge is 0.389 e. The van der Waals surface area contributed by atoms with E-state index in [9.17, 15) is 5.11 Å². The van der Waals surface area contributed by atoms with E-state index in [1.165, 1.54) is 19.3 Å². The third-order valence-corrected chi connectivity index (χ3v) is 2.93. The highest BCUT2D eigenvalue weighted by molar-refractivity contribution is 4.91. The second-order valence-corrected chi connectivity index (χ2v) is 5.87. The van der Waals surface area contributed by atoms with Crippen molar-refractivity contribution in [2.45, 2.75) is 64.2 Å². The Kier molecular flexibility index (Phi) is 4.15. The molecule has 0 bridgehead atoms. The summed E-state index contributed by atoms with van der Waals surface area (Å²) >= 11 is 0. The van der Waals surface area contributed by atoms with Crippen molar-refractivity contribution in [2.24, 2.45) is 0 Å². The Morgan fingerprint density at radius 3 is 2.40 bits per heavy atom. The zero-order valence-corrected chi connectivity index (χ0v) is 10.5. The van der Waals surface area contributed by atoms with Crippen LogP contribution in [0.1, 0.15) is 47.0 Å². The van der Waals surface area contributed by atoms with Gasteiger partial charge >= 0.3 is 0 Å². The van der Waals surface area contributed by atoms with E-state index in [-0.39, 0.29) is 11.1 Å². The number of aliphatic hydroxyl groups is 1. The van der Waals surface area contributed by atoms with Crippen molar-refractivity contribution in [3.63, 3.8) is 0 Å². The second-order valence-electron chi connectivity index (χ2n) is 5.87. The number of hydrogen-bond acceptors (Lipinski definition) is 3. The smallest absolute Gasteiger partial charge is 0.0898 e. The molecular weight excluding hydrogens is 190 g/mol. The number of β-amino-alcohol motifs (C(OH)–C–C–N with tert-alkyl or cyclic N) is 1. The summed E-state index contributed by atoms with van der Waals surface area (Å²) < 4.78 is 5.52. The first kappa shape index (κ1) is 12.9. The summed E-state index contributed by atoms with van der Waals surface area (Å²) in [6.07, 6.45) is 3.35. The van der Waals surface area contributed by atoms with Crippen LogP contribution >= 0.6 is 0 Å². The van der Waals surface area contributed by atoms with Crippen LogP contribution in [0.2, 0.25) is 0 Å². The van der Waals surface area contributed by atoms with E-state index in [1.54, 1.807) is 0 Å². The van der Waals surface area contributed by atoms with Crippen LogP contribution in [-0.4, -0.2) is 35.5 Å². The molecule has 0 radical (unpaired) electrons. The van der Waals surface area contributed by atoms with Crippen molar-refractivity contribution in [1.82, 2.24) is 5.32 Å². The molecule has 0 aromatic carbocycles. The number of rotatable bonds is 5. The van der Waals surface area contributed by atoms with E-state index in [2.05, 4.69) is 12.2 Å². The fourth-order valence-electron chi connectivity index (χ4n) is 1.65. The van der Waals surface area contributed by atoms with Gasteiger partial charge in [-0.15, -0.1) is 0 Å². The summed E-state index contributed by atoms with van der Waals surface area (Å²) in [4.78, 5) is 0. The molecule has 3 heteroatoms. The Hall–Kier alpha value is -0.120. The predicted octanol–water partition coefficient (Wildman–Crippen LogP) is 1.69. The maximum absolute atomic E-state index is 9.71. The molecule has 3 nitrogen and oxygen atoms in total. The molecule has 1 rings (SSSR count). The van der Waals surface area contributed by atoms with Gasteiger partial charge in [0.15, 0.2) is 0 Å². The second kappa shape index (κ2) is 4.81. The van der Waals surface area contributed by atoms with Crippen LogP contribution in [0.3, 0.4) is 0 Å². The van der Waals surface area contributed by atoms with Crippen LogP contribution in [0.4, 0.5) is 0 Å². The van der Waals surface area contributed by atoms with Crippen LogP contribution in [0.5, 0.6) is 0 Å². The monoisotopic (exact) mass is 215 g/mol. The van der Waals surface area contributed by atoms with E-state index in [4.69, 9.17) is 4.74 Å². The minimum Gasteiger partial charge on any atom is -0.389 e. The first-order chi connectivity index (χ1) is 6.81. The van der Waals surface area contributed by atoms with Crippen molar-refractivity contribution in [2.75, 3.05) is 13.2 Å². The fraction of sp³-hybridized carbons (Fsp3) is 1.00. The number of ether oxygens (including phenoxy) is 1. The quantitative estimate of drug-likeness (QED) is 0.733. The van der Waals surface area contributed by atoms with Crippen molar-refractivity contribution < 1.29 is 9.84 Å². The van der Waals surface area contributed by atoms with E-state index < -0.39 is 6.10 Å². The van der Waals surface area contributed by atoms with Gasteiger partial charge in [0.1, 0.15) is 0 Å². The molecule has 0 aromatic heterocycles. The van der Waals surface area contributed by atoms with E-state index >= 15 is 0 Å². The van der Waals surface area contributed by atoms with Crippen LogP contribution < -0.4 is 5.32 Å². The van der Waals surface area contributed by atoms with Gasteiger partial charge in [-0.05, 0) is 47.0 Å².